The molecule has 0 aromatic heterocycles. The van der Waals surface area contributed by atoms with Gasteiger partial charge in [-0.3, -0.25) is 0 Å². The summed E-state index contributed by atoms with van der Waals surface area (Å²) in [6.45, 7) is 6.84. The highest BCUT2D eigenvalue weighted by Gasteiger charge is 2.44. The van der Waals surface area contributed by atoms with Crippen LogP contribution in [0, 0.1) is 17.8 Å². The summed E-state index contributed by atoms with van der Waals surface area (Å²) in [5.41, 5.74) is 0. The van der Waals surface area contributed by atoms with Crippen molar-refractivity contribution in [1.82, 2.24) is 9.80 Å². The Bertz CT molecular complexity index is 233. The number of hydrogen-bond donors (Lipinski definition) is 0. The minimum absolute atomic E-state index is 0.982. The Balaban J connectivity index is 1.55. The van der Waals surface area contributed by atoms with Gasteiger partial charge in [0.05, 0.1) is 0 Å². The molecule has 3 fully saturated rings. The van der Waals surface area contributed by atoms with E-state index >= 15 is 0 Å². The first-order valence-corrected chi connectivity index (χ1v) is 7.24. The van der Waals surface area contributed by atoms with Crippen molar-refractivity contribution in [2.45, 2.75) is 32.1 Å². The molecule has 2 nitrogen and oxygen atoms in total. The minimum Gasteiger partial charge on any atom is -0.306 e. The van der Waals surface area contributed by atoms with Crippen LogP contribution in [0.5, 0.6) is 0 Å². The molecule has 2 heterocycles. The normalized spacial score (nSPS) is 41.4. The molecule has 2 aliphatic heterocycles. The molecule has 0 aromatic rings. The second-order valence-corrected chi connectivity index (χ2v) is 6.33. The Morgan fingerprint density at radius 2 is 1.88 bits per heavy atom. The summed E-state index contributed by atoms with van der Waals surface area (Å²) in [7, 11) is 2.31. The van der Waals surface area contributed by atoms with E-state index < -0.39 is 0 Å². The van der Waals surface area contributed by atoms with Crippen LogP contribution in [-0.2, 0) is 0 Å². The van der Waals surface area contributed by atoms with Crippen molar-refractivity contribution in [1.29, 1.82) is 0 Å². The van der Waals surface area contributed by atoms with Crippen LogP contribution >= 0.6 is 0 Å². The van der Waals surface area contributed by atoms with E-state index in [1.165, 1.54) is 58.4 Å². The smallest absolute Gasteiger partial charge is 0.00246 e. The highest BCUT2D eigenvalue weighted by Crippen LogP contribution is 2.48. The quantitative estimate of drug-likeness (QED) is 0.705. The number of piperidine rings is 1. The third-order valence-electron chi connectivity index (χ3n) is 4.95. The van der Waals surface area contributed by atoms with Gasteiger partial charge in [0, 0.05) is 13.1 Å². The van der Waals surface area contributed by atoms with Gasteiger partial charge in [0.2, 0.25) is 0 Å². The lowest BCUT2D eigenvalue weighted by molar-refractivity contribution is 0.164. The number of hydrogen-bond acceptors (Lipinski definition) is 2. The first-order valence-electron chi connectivity index (χ1n) is 7.24. The largest absolute Gasteiger partial charge is 0.306 e. The summed E-state index contributed by atoms with van der Waals surface area (Å²) < 4.78 is 0. The highest BCUT2D eigenvalue weighted by atomic mass is 15.2. The van der Waals surface area contributed by atoms with E-state index in [4.69, 9.17) is 0 Å². The van der Waals surface area contributed by atoms with E-state index in [0.29, 0.717) is 0 Å². The predicted octanol–water partition coefficient (Wildman–Crippen LogP) is 2.06. The molecule has 0 aromatic carbocycles. The molecule has 3 atom stereocenters. The van der Waals surface area contributed by atoms with E-state index in [1.807, 2.05) is 0 Å². The van der Waals surface area contributed by atoms with Gasteiger partial charge in [-0.15, -0.1) is 0 Å². The fourth-order valence-electron chi connectivity index (χ4n) is 3.86. The second-order valence-electron chi connectivity index (χ2n) is 6.33. The zero-order chi connectivity index (χ0) is 11.0. The maximum atomic E-state index is 2.74. The maximum Gasteiger partial charge on any atom is 0.00246 e. The van der Waals surface area contributed by atoms with Crippen LogP contribution in [-0.4, -0.2) is 49.6 Å². The first-order chi connectivity index (χ1) is 7.83. The van der Waals surface area contributed by atoms with Crippen molar-refractivity contribution < 1.29 is 0 Å². The van der Waals surface area contributed by atoms with Crippen LogP contribution in [0.25, 0.3) is 0 Å². The highest BCUT2D eigenvalue weighted by molar-refractivity contribution is 4.96. The fourth-order valence-corrected chi connectivity index (χ4v) is 3.86. The van der Waals surface area contributed by atoms with Crippen LogP contribution in [0.4, 0.5) is 0 Å². The fraction of sp³-hybridized carbons (Fsp3) is 1.00. The number of rotatable bonds is 2. The zero-order valence-corrected chi connectivity index (χ0v) is 10.7. The predicted molar refractivity (Wildman–Crippen MR) is 67.5 cm³/mol. The summed E-state index contributed by atoms with van der Waals surface area (Å²) in [4.78, 5) is 5.31. The molecule has 2 saturated heterocycles. The second kappa shape index (κ2) is 4.66. The van der Waals surface area contributed by atoms with Crippen LogP contribution in [0.2, 0.25) is 0 Å². The minimum atomic E-state index is 0.982. The van der Waals surface area contributed by atoms with Gasteiger partial charge in [0.1, 0.15) is 0 Å². The molecule has 3 rings (SSSR count). The SMILES string of the molecule is CN1CC[C@@H]2CC2C(CN2CCCCC2)C1. The van der Waals surface area contributed by atoms with E-state index in [-0.39, 0.29) is 0 Å². The lowest BCUT2D eigenvalue weighted by atomic mass is 10.00. The van der Waals surface area contributed by atoms with Crippen LogP contribution < -0.4 is 0 Å². The van der Waals surface area contributed by atoms with E-state index in [9.17, 15) is 0 Å². The number of nitrogens with zero attached hydrogens (tertiary/aromatic N) is 2. The van der Waals surface area contributed by atoms with Gasteiger partial charge in [-0.2, -0.15) is 0 Å². The molecular weight excluding hydrogens is 196 g/mol. The third-order valence-corrected chi connectivity index (χ3v) is 4.95. The maximum absolute atomic E-state index is 2.74. The van der Waals surface area contributed by atoms with Crippen molar-refractivity contribution >= 4 is 0 Å². The third kappa shape index (κ3) is 2.43. The monoisotopic (exact) mass is 222 g/mol. The summed E-state index contributed by atoms with van der Waals surface area (Å²) >= 11 is 0. The average molecular weight is 222 g/mol. The van der Waals surface area contributed by atoms with Crippen molar-refractivity contribution in [2.75, 3.05) is 39.8 Å². The van der Waals surface area contributed by atoms with Gasteiger partial charge in [-0.25, -0.2) is 0 Å². The van der Waals surface area contributed by atoms with Crippen molar-refractivity contribution in [3.8, 4) is 0 Å². The van der Waals surface area contributed by atoms with Crippen molar-refractivity contribution in [3.05, 3.63) is 0 Å². The molecule has 2 heteroatoms. The Kier molecular flexibility index (Phi) is 3.21. The topological polar surface area (TPSA) is 6.48 Å². The Morgan fingerprint density at radius 3 is 2.69 bits per heavy atom. The van der Waals surface area contributed by atoms with Crippen LogP contribution in [0.15, 0.2) is 0 Å². The molecular formula is C14H26N2. The standard InChI is InChI=1S/C14H26N2/c1-15-8-5-12-9-14(12)13(10-15)11-16-6-3-2-4-7-16/h12-14H,2-11H2,1H3/t12-,13?,14?/m1/s1. The summed E-state index contributed by atoms with van der Waals surface area (Å²) in [6, 6.07) is 0. The molecule has 1 aliphatic carbocycles. The molecule has 0 amide bonds. The number of likely N-dealkylation sites (tertiary alicyclic amines) is 2. The van der Waals surface area contributed by atoms with E-state index in [0.717, 1.165) is 17.8 Å². The summed E-state index contributed by atoms with van der Waals surface area (Å²) in [5, 5.41) is 0. The van der Waals surface area contributed by atoms with E-state index in [1.54, 1.807) is 6.42 Å². The Labute approximate surface area is 100.0 Å². The van der Waals surface area contributed by atoms with Gasteiger partial charge in [-0.1, -0.05) is 6.42 Å². The molecule has 0 radical (unpaired) electrons. The number of fused-ring (bicyclic) bond motifs is 1. The molecule has 0 spiro atoms. The molecule has 1 saturated carbocycles. The van der Waals surface area contributed by atoms with Gasteiger partial charge >= 0.3 is 0 Å². The molecule has 0 bridgehead atoms. The van der Waals surface area contributed by atoms with Crippen LogP contribution in [0.3, 0.4) is 0 Å². The first kappa shape index (κ1) is 11.0. The molecule has 3 aliphatic rings. The average Bonchev–Trinajstić information content (AvgIpc) is 3.06. The Morgan fingerprint density at radius 1 is 1.06 bits per heavy atom. The summed E-state index contributed by atoms with van der Waals surface area (Å²) in [6.07, 6.45) is 7.37. The van der Waals surface area contributed by atoms with Gasteiger partial charge < -0.3 is 9.80 Å². The van der Waals surface area contributed by atoms with E-state index in [2.05, 4.69) is 16.8 Å². The van der Waals surface area contributed by atoms with Crippen molar-refractivity contribution in [3.63, 3.8) is 0 Å². The van der Waals surface area contributed by atoms with Crippen molar-refractivity contribution in [2.24, 2.45) is 17.8 Å². The lowest BCUT2D eigenvalue weighted by Gasteiger charge is -2.31. The van der Waals surface area contributed by atoms with Gasteiger partial charge in [0.15, 0.2) is 0 Å². The van der Waals surface area contributed by atoms with Gasteiger partial charge in [-0.05, 0) is 70.1 Å². The Hall–Kier alpha value is -0.0800. The lowest BCUT2D eigenvalue weighted by Crippen LogP contribution is -2.38. The molecule has 16 heavy (non-hydrogen) atoms. The summed E-state index contributed by atoms with van der Waals surface area (Å²) in [5.74, 6) is 3.17. The van der Waals surface area contributed by atoms with Gasteiger partial charge in [0.25, 0.3) is 0 Å². The molecule has 92 valence electrons. The zero-order valence-electron chi connectivity index (χ0n) is 10.7. The van der Waals surface area contributed by atoms with Crippen LogP contribution in [0.1, 0.15) is 32.1 Å². The molecule has 0 N–H and O–H groups in total. The molecule has 2 unspecified atom stereocenters.